The Morgan fingerprint density at radius 2 is 1.93 bits per heavy atom. The van der Waals surface area contributed by atoms with E-state index < -0.39 is 0 Å². The van der Waals surface area contributed by atoms with Crippen LogP contribution in [0.4, 0.5) is 5.95 Å². The zero-order valence-electron chi connectivity index (χ0n) is 8.29. The van der Waals surface area contributed by atoms with Crippen molar-refractivity contribution in [2.45, 2.75) is 26.2 Å². The van der Waals surface area contributed by atoms with Crippen LogP contribution in [0.1, 0.15) is 25.0 Å². The Labute approximate surface area is 82.2 Å². The van der Waals surface area contributed by atoms with E-state index in [4.69, 9.17) is 0 Å². The average molecular weight is 194 g/mol. The standard InChI is InChI=1S/C9H14N4O/c1-7-8(14)10-9(12-11-7)13-5-3-2-4-6-13/h2-6H2,1H3,(H,10,12,14). The molecule has 0 radical (unpaired) electrons. The zero-order chi connectivity index (χ0) is 9.97. The van der Waals surface area contributed by atoms with E-state index in [1.54, 1.807) is 6.92 Å². The molecule has 0 amide bonds. The maximum Gasteiger partial charge on any atom is 0.273 e. The van der Waals surface area contributed by atoms with Gasteiger partial charge in [0.2, 0.25) is 5.95 Å². The molecule has 0 aliphatic carbocycles. The number of aromatic nitrogens is 3. The maximum atomic E-state index is 11.3. The minimum absolute atomic E-state index is 0.138. The first-order valence-corrected chi connectivity index (χ1v) is 4.96. The van der Waals surface area contributed by atoms with Crippen LogP contribution >= 0.6 is 0 Å². The van der Waals surface area contributed by atoms with Gasteiger partial charge in [-0.1, -0.05) is 0 Å². The van der Waals surface area contributed by atoms with E-state index in [0.717, 1.165) is 25.9 Å². The van der Waals surface area contributed by atoms with E-state index in [9.17, 15) is 4.79 Å². The molecule has 0 spiro atoms. The van der Waals surface area contributed by atoms with Crippen LogP contribution in [0.15, 0.2) is 4.79 Å². The molecule has 1 saturated heterocycles. The highest BCUT2D eigenvalue weighted by molar-refractivity contribution is 5.27. The molecule has 1 aromatic rings. The third kappa shape index (κ3) is 1.76. The first kappa shape index (κ1) is 9.18. The van der Waals surface area contributed by atoms with Gasteiger partial charge in [0, 0.05) is 13.1 Å². The van der Waals surface area contributed by atoms with Crippen LogP contribution in [0.2, 0.25) is 0 Å². The highest BCUT2D eigenvalue weighted by Crippen LogP contribution is 2.12. The lowest BCUT2D eigenvalue weighted by atomic mass is 10.1. The van der Waals surface area contributed by atoms with Crippen LogP contribution in [-0.4, -0.2) is 28.3 Å². The molecule has 5 heteroatoms. The predicted molar refractivity (Wildman–Crippen MR) is 53.5 cm³/mol. The lowest BCUT2D eigenvalue weighted by Crippen LogP contribution is -2.33. The third-order valence-electron chi connectivity index (χ3n) is 2.50. The van der Waals surface area contributed by atoms with Gasteiger partial charge < -0.3 is 4.90 Å². The smallest absolute Gasteiger partial charge is 0.273 e. The highest BCUT2D eigenvalue weighted by Gasteiger charge is 2.13. The molecule has 1 aliphatic heterocycles. The van der Waals surface area contributed by atoms with Crippen molar-refractivity contribution in [2.24, 2.45) is 0 Å². The number of aryl methyl sites for hydroxylation is 1. The van der Waals surface area contributed by atoms with Gasteiger partial charge in [-0.2, -0.15) is 0 Å². The Kier molecular flexibility index (Phi) is 2.47. The number of hydrogen-bond donors (Lipinski definition) is 1. The quantitative estimate of drug-likeness (QED) is 0.705. The Bertz CT molecular complexity index is 367. The van der Waals surface area contributed by atoms with Crippen molar-refractivity contribution in [2.75, 3.05) is 18.0 Å². The maximum absolute atomic E-state index is 11.3. The van der Waals surface area contributed by atoms with Crippen molar-refractivity contribution in [1.29, 1.82) is 0 Å². The summed E-state index contributed by atoms with van der Waals surface area (Å²) >= 11 is 0. The van der Waals surface area contributed by atoms with E-state index in [1.165, 1.54) is 6.42 Å². The summed E-state index contributed by atoms with van der Waals surface area (Å²) in [7, 11) is 0. The van der Waals surface area contributed by atoms with Gasteiger partial charge in [0.25, 0.3) is 5.56 Å². The van der Waals surface area contributed by atoms with Gasteiger partial charge in [0.05, 0.1) is 0 Å². The Morgan fingerprint density at radius 1 is 1.21 bits per heavy atom. The second-order valence-electron chi connectivity index (χ2n) is 3.61. The van der Waals surface area contributed by atoms with Crippen LogP contribution < -0.4 is 10.5 Å². The van der Waals surface area contributed by atoms with Crippen LogP contribution in [-0.2, 0) is 0 Å². The molecular weight excluding hydrogens is 180 g/mol. The van der Waals surface area contributed by atoms with Gasteiger partial charge >= 0.3 is 0 Å². The molecule has 2 heterocycles. The molecule has 0 unspecified atom stereocenters. The molecule has 0 bridgehead atoms. The van der Waals surface area contributed by atoms with E-state index in [-0.39, 0.29) is 5.56 Å². The van der Waals surface area contributed by atoms with Gasteiger partial charge in [-0.3, -0.25) is 9.78 Å². The summed E-state index contributed by atoms with van der Waals surface area (Å²) in [4.78, 5) is 16.1. The summed E-state index contributed by atoms with van der Waals surface area (Å²) in [6.45, 7) is 3.59. The van der Waals surface area contributed by atoms with Crippen LogP contribution in [0, 0.1) is 6.92 Å². The number of anilines is 1. The summed E-state index contributed by atoms with van der Waals surface area (Å²) in [6.07, 6.45) is 3.59. The van der Waals surface area contributed by atoms with Crippen molar-refractivity contribution in [3.05, 3.63) is 16.0 Å². The van der Waals surface area contributed by atoms with E-state index in [1.807, 2.05) is 0 Å². The molecule has 1 N–H and O–H groups in total. The monoisotopic (exact) mass is 194 g/mol. The fourth-order valence-corrected chi connectivity index (χ4v) is 1.63. The molecule has 5 nitrogen and oxygen atoms in total. The first-order chi connectivity index (χ1) is 6.77. The highest BCUT2D eigenvalue weighted by atomic mass is 16.1. The molecule has 1 fully saturated rings. The lowest BCUT2D eigenvalue weighted by molar-refractivity contribution is 0.563. The van der Waals surface area contributed by atoms with Gasteiger partial charge in [-0.05, 0) is 26.2 Å². The molecular formula is C9H14N4O. The molecule has 0 aromatic carbocycles. The van der Waals surface area contributed by atoms with Crippen LogP contribution in [0.5, 0.6) is 0 Å². The van der Waals surface area contributed by atoms with E-state index >= 15 is 0 Å². The number of piperidine rings is 1. The first-order valence-electron chi connectivity index (χ1n) is 4.96. The topological polar surface area (TPSA) is 61.9 Å². The number of nitrogens with zero attached hydrogens (tertiary/aromatic N) is 3. The molecule has 1 aromatic heterocycles. The minimum Gasteiger partial charge on any atom is -0.341 e. The van der Waals surface area contributed by atoms with Crippen molar-refractivity contribution in [1.82, 2.24) is 15.2 Å². The Morgan fingerprint density at radius 3 is 2.57 bits per heavy atom. The molecule has 76 valence electrons. The van der Waals surface area contributed by atoms with Gasteiger partial charge in [0.15, 0.2) is 0 Å². The van der Waals surface area contributed by atoms with Gasteiger partial charge in [-0.15, -0.1) is 10.2 Å². The summed E-state index contributed by atoms with van der Waals surface area (Å²) in [5.41, 5.74) is 0.284. The Hall–Kier alpha value is -1.39. The summed E-state index contributed by atoms with van der Waals surface area (Å²) in [5.74, 6) is 0.611. The largest absolute Gasteiger partial charge is 0.341 e. The van der Waals surface area contributed by atoms with Crippen molar-refractivity contribution >= 4 is 5.95 Å². The fourth-order valence-electron chi connectivity index (χ4n) is 1.63. The number of hydrogen-bond acceptors (Lipinski definition) is 4. The van der Waals surface area contributed by atoms with Crippen molar-refractivity contribution in [3.63, 3.8) is 0 Å². The number of H-pyrrole nitrogens is 1. The van der Waals surface area contributed by atoms with E-state index in [2.05, 4.69) is 20.1 Å². The molecule has 0 atom stereocenters. The Balaban J connectivity index is 2.23. The van der Waals surface area contributed by atoms with Crippen molar-refractivity contribution in [3.8, 4) is 0 Å². The molecule has 14 heavy (non-hydrogen) atoms. The SMILES string of the molecule is Cc1nnc(N2CCCCC2)[nH]c1=O. The average Bonchev–Trinajstić information content (AvgIpc) is 2.23. The molecule has 0 saturated carbocycles. The summed E-state index contributed by atoms with van der Waals surface area (Å²) < 4.78 is 0. The number of nitrogens with one attached hydrogen (secondary N) is 1. The minimum atomic E-state index is -0.138. The second kappa shape index (κ2) is 3.77. The normalized spacial score (nSPS) is 17.1. The lowest BCUT2D eigenvalue weighted by Gasteiger charge is -2.26. The number of rotatable bonds is 1. The summed E-state index contributed by atoms with van der Waals surface area (Å²) in [5, 5.41) is 7.80. The predicted octanol–water partition coefficient (Wildman–Crippen LogP) is 0.464. The number of aromatic amines is 1. The van der Waals surface area contributed by atoms with Gasteiger partial charge in [0.1, 0.15) is 5.69 Å². The fraction of sp³-hybridized carbons (Fsp3) is 0.667. The third-order valence-corrected chi connectivity index (χ3v) is 2.50. The van der Waals surface area contributed by atoms with E-state index in [0.29, 0.717) is 11.6 Å². The van der Waals surface area contributed by atoms with Crippen molar-refractivity contribution < 1.29 is 0 Å². The second-order valence-corrected chi connectivity index (χ2v) is 3.61. The summed E-state index contributed by atoms with van der Waals surface area (Å²) in [6, 6.07) is 0. The van der Waals surface area contributed by atoms with Gasteiger partial charge in [-0.25, -0.2) is 0 Å². The molecule has 1 aliphatic rings. The van der Waals surface area contributed by atoms with Crippen LogP contribution in [0.3, 0.4) is 0 Å². The molecule has 2 rings (SSSR count). The zero-order valence-corrected chi connectivity index (χ0v) is 8.29. The van der Waals surface area contributed by atoms with Crippen LogP contribution in [0.25, 0.3) is 0 Å².